The Labute approximate surface area is 155 Å². The molecule has 0 saturated carbocycles. The minimum absolute atomic E-state index is 0.0136. The molecule has 0 fully saturated rings. The summed E-state index contributed by atoms with van der Waals surface area (Å²) in [6, 6.07) is 7.07. The Morgan fingerprint density at radius 1 is 1.32 bits per heavy atom. The number of halogens is 1. The highest BCUT2D eigenvalue weighted by Gasteiger charge is 2.15. The summed E-state index contributed by atoms with van der Waals surface area (Å²) in [4.78, 5) is 25.6. The number of carbonyl (C=O) groups is 2. The first-order valence-corrected chi connectivity index (χ1v) is 8.62. The van der Waals surface area contributed by atoms with Crippen LogP contribution in [0.15, 0.2) is 41.1 Å². The summed E-state index contributed by atoms with van der Waals surface area (Å²) in [5, 5.41) is 6.95. The minimum atomic E-state index is -0.208. The number of amides is 2. The average molecular weight is 409 g/mol. The van der Waals surface area contributed by atoms with Crippen LogP contribution in [-0.2, 0) is 9.53 Å². The quantitative estimate of drug-likeness (QED) is 0.676. The molecule has 0 spiro atoms. The van der Waals surface area contributed by atoms with E-state index >= 15 is 0 Å². The van der Waals surface area contributed by atoms with E-state index in [0.29, 0.717) is 18.7 Å². The van der Waals surface area contributed by atoms with Gasteiger partial charge in [0.25, 0.3) is 5.91 Å². The Morgan fingerprint density at radius 3 is 2.64 bits per heavy atom. The van der Waals surface area contributed by atoms with Crippen molar-refractivity contribution in [1.29, 1.82) is 0 Å². The number of carbonyl (C=O) groups excluding carboxylic acids is 2. The molecule has 0 radical (unpaired) electrons. The lowest BCUT2D eigenvalue weighted by Gasteiger charge is -2.17. The molecule has 0 bridgehead atoms. The molecule has 8 heteroatoms. The minimum Gasteiger partial charge on any atom is -0.385 e. The van der Waals surface area contributed by atoms with Crippen molar-refractivity contribution < 1.29 is 14.3 Å². The van der Waals surface area contributed by atoms with Crippen molar-refractivity contribution in [3.8, 4) is 5.69 Å². The van der Waals surface area contributed by atoms with Gasteiger partial charge in [0.2, 0.25) is 5.91 Å². The van der Waals surface area contributed by atoms with Gasteiger partial charge in [-0.1, -0.05) is 0 Å². The Hall–Kier alpha value is -2.19. The summed E-state index contributed by atoms with van der Waals surface area (Å²) in [6.07, 6.45) is 4.26. The van der Waals surface area contributed by atoms with Gasteiger partial charge in [0, 0.05) is 39.1 Å². The lowest BCUT2D eigenvalue weighted by Crippen LogP contribution is -2.38. The number of benzene rings is 1. The molecule has 1 N–H and O–H groups in total. The molecule has 0 aliphatic carbocycles. The number of hydrogen-bond acceptors (Lipinski definition) is 4. The van der Waals surface area contributed by atoms with Gasteiger partial charge in [-0.2, -0.15) is 5.10 Å². The number of nitrogens with one attached hydrogen (secondary N) is 1. The van der Waals surface area contributed by atoms with Crippen molar-refractivity contribution in [2.45, 2.75) is 6.42 Å². The van der Waals surface area contributed by atoms with Crippen LogP contribution in [0, 0.1) is 0 Å². The maximum Gasteiger partial charge on any atom is 0.254 e. The highest BCUT2D eigenvalue weighted by atomic mass is 79.9. The second-order valence-corrected chi connectivity index (χ2v) is 6.42. The van der Waals surface area contributed by atoms with E-state index in [1.165, 1.54) is 4.90 Å². The van der Waals surface area contributed by atoms with Gasteiger partial charge < -0.3 is 15.0 Å². The number of hydrogen-bond donors (Lipinski definition) is 1. The van der Waals surface area contributed by atoms with Gasteiger partial charge in [-0.05, 0) is 46.6 Å². The third-order valence-corrected chi connectivity index (χ3v) is 3.91. The largest absolute Gasteiger partial charge is 0.385 e. The normalized spacial score (nSPS) is 10.5. The zero-order valence-corrected chi connectivity index (χ0v) is 15.8. The monoisotopic (exact) mass is 408 g/mol. The highest BCUT2D eigenvalue weighted by Crippen LogP contribution is 2.14. The fourth-order valence-corrected chi connectivity index (χ4v) is 2.49. The van der Waals surface area contributed by atoms with E-state index in [9.17, 15) is 9.59 Å². The van der Waals surface area contributed by atoms with Crippen LogP contribution in [0.4, 0.5) is 0 Å². The van der Waals surface area contributed by atoms with Crippen LogP contribution in [-0.4, -0.2) is 60.3 Å². The lowest BCUT2D eigenvalue weighted by atomic mass is 10.2. The molecule has 1 heterocycles. The first kappa shape index (κ1) is 19.1. The van der Waals surface area contributed by atoms with Gasteiger partial charge in [-0.25, -0.2) is 4.68 Å². The second kappa shape index (κ2) is 9.33. The Kier molecular flexibility index (Phi) is 7.15. The van der Waals surface area contributed by atoms with E-state index in [-0.39, 0.29) is 18.4 Å². The van der Waals surface area contributed by atoms with Gasteiger partial charge in [-0.15, -0.1) is 0 Å². The third kappa shape index (κ3) is 5.68. The maximum atomic E-state index is 12.4. The van der Waals surface area contributed by atoms with Crippen LogP contribution in [0.25, 0.3) is 5.69 Å². The zero-order valence-electron chi connectivity index (χ0n) is 14.2. The van der Waals surface area contributed by atoms with Crippen molar-refractivity contribution in [2.75, 3.05) is 33.9 Å². The van der Waals surface area contributed by atoms with Crippen molar-refractivity contribution >= 4 is 27.7 Å². The van der Waals surface area contributed by atoms with Gasteiger partial charge in [0.05, 0.1) is 22.9 Å². The topological polar surface area (TPSA) is 76.5 Å². The summed E-state index contributed by atoms with van der Waals surface area (Å²) in [7, 11) is 3.22. The molecule has 0 unspecified atom stereocenters. The molecule has 134 valence electrons. The van der Waals surface area contributed by atoms with Gasteiger partial charge in [0.15, 0.2) is 0 Å². The molecule has 2 rings (SSSR count). The molecule has 0 aliphatic rings. The average Bonchev–Trinajstić information content (AvgIpc) is 3.04. The van der Waals surface area contributed by atoms with E-state index in [2.05, 4.69) is 26.3 Å². The molecule has 0 saturated heterocycles. The van der Waals surface area contributed by atoms with Crippen molar-refractivity contribution in [1.82, 2.24) is 20.0 Å². The number of methoxy groups -OCH3 is 1. The van der Waals surface area contributed by atoms with Gasteiger partial charge >= 0.3 is 0 Å². The van der Waals surface area contributed by atoms with E-state index in [1.54, 1.807) is 37.2 Å². The Bertz CT molecular complexity index is 715. The smallest absolute Gasteiger partial charge is 0.254 e. The Morgan fingerprint density at radius 2 is 2.04 bits per heavy atom. The fourth-order valence-electron chi connectivity index (χ4n) is 2.21. The van der Waals surface area contributed by atoms with Crippen LogP contribution < -0.4 is 5.32 Å². The summed E-state index contributed by atoms with van der Waals surface area (Å²) < 4.78 is 7.50. The van der Waals surface area contributed by atoms with Crippen molar-refractivity contribution in [3.05, 3.63) is 46.7 Å². The van der Waals surface area contributed by atoms with E-state index in [0.717, 1.165) is 16.6 Å². The van der Waals surface area contributed by atoms with Crippen LogP contribution in [0.5, 0.6) is 0 Å². The predicted molar refractivity (Wildman–Crippen MR) is 97.7 cm³/mol. The first-order valence-electron chi connectivity index (χ1n) is 7.83. The van der Waals surface area contributed by atoms with Crippen LogP contribution >= 0.6 is 15.9 Å². The molecule has 0 atom stereocenters. The van der Waals surface area contributed by atoms with E-state index < -0.39 is 0 Å². The summed E-state index contributed by atoms with van der Waals surface area (Å²) in [6.45, 7) is 1.14. The number of likely N-dealkylation sites (N-methyl/N-ethyl adjacent to an activating group) is 1. The first-order chi connectivity index (χ1) is 12.0. The van der Waals surface area contributed by atoms with E-state index in [1.807, 2.05) is 18.3 Å². The van der Waals surface area contributed by atoms with E-state index in [4.69, 9.17) is 4.74 Å². The molecule has 1 aromatic carbocycles. The molecular formula is C17H21BrN4O3. The molecule has 25 heavy (non-hydrogen) atoms. The molecule has 1 aromatic heterocycles. The highest BCUT2D eigenvalue weighted by molar-refractivity contribution is 9.10. The lowest BCUT2D eigenvalue weighted by molar-refractivity contribution is -0.121. The molecular weight excluding hydrogens is 388 g/mol. The summed E-state index contributed by atoms with van der Waals surface area (Å²) in [5.41, 5.74) is 1.37. The van der Waals surface area contributed by atoms with Gasteiger partial charge in [-0.3, -0.25) is 9.59 Å². The van der Waals surface area contributed by atoms with Gasteiger partial charge in [0.1, 0.15) is 0 Å². The Balaban J connectivity index is 1.89. The number of nitrogens with zero attached hydrogens (tertiary/aromatic N) is 3. The maximum absolute atomic E-state index is 12.4. The predicted octanol–water partition coefficient (Wildman–Crippen LogP) is 1.86. The second-order valence-electron chi connectivity index (χ2n) is 5.51. The molecule has 0 aliphatic heterocycles. The SMILES string of the molecule is COCCCNC(=O)CN(C)C(=O)c1ccc(-n2cc(Br)cn2)cc1. The zero-order chi connectivity index (χ0) is 18.2. The molecule has 2 amide bonds. The number of ether oxygens (including phenoxy) is 1. The number of rotatable bonds is 8. The van der Waals surface area contributed by atoms with Crippen molar-refractivity contribution in [3.63, 3.8) is 0 Å². The third-order valence-electron chi connectivity index (χ3n) is 3.50. The standard InChI is InChI=1S/C17H21BrN4O3/c1-21(12-16(23)19-8-3-9-25-2)17(24)13-4-6-15(7-5-13)22-11-14(18)10-20-22/h4-7,10-11H,3,8-9,12H2,1-2H3,(H,19,23). The van der Waals surface area contributed by atoms with Crippen LogP contribution in [0.1, 0.15) is 16.8 Å². The molecule has 7 nitrogen and oxygen atoms in total. The number of aromatic nitrogens is 2. The van der Waals surface area contributed by atoms with Crippen LogP contribution in [0.3, 0.4) is 0 Å². The van der Waals surface area contributed by atoms with Crippen molar-refractivity contribution in [2.24, 2.45) is 0 Å². The molecule has 2 aromatic rings. The fraction of sp³-hybridized carbons (Fsp3) is 0.353. The van der Waals surface area contributed by atoms with Crippen LogP contribution in [0.2, 0.25) is 0 Å². The summed E-state index contributed by atoms with van der Waals surface area (Å²) >= 11 is 3.35. The summed E-state index contributed by atoms with van der Waals surface area (Å²) in [5.74, 6) is -0.398.